The predicted octanol–water partition coefficient (Wildman–Crippen LogP) is 2.62. The van der Waals surface area contributed by atoms with Gasteiger partial charge in [0.2, 0.25) is 0 Å². The zero-order valence-corrected chi connectivity index (χ0v) is 11.9. The van der Waals surface area contributed by atoms with Gasteiger partial charge in [0.1, 0.15) is 5.69 Å². The van der Waals surface area contributed by atoms with Gasteiger partial charge in [-0.25, -0.2) is 4.79 Å². The Morgan fingerprint density at radius 1 is 1.33 bits per heavy atom. The number of carbonyl (C=O) groups excluding carboxylic acids is 1. The van der Waals surface area contributed by atoms with Gasteiger partial charge in [-0.15, -0.1) is 0 Å². The highest BCUT2D eigenvalue weighted by Crippen LogP contribution is 2.42. The Morgan fingerprint density at radius 3 is 2.57 bits per heavy atom. The number of anilines is 1. The van der Waals surface area contributed by atoms with Crippen LogP contribution in [0.15, 0.2) is 18.2 Å². The van der Waals surface area contributed by atoms with E-state index in [9.17, 15) is 14.9 Å². The summed E-state index contributed by atoms with van der Waals surface area (Å²) in [6.45, 7) is 1.69. The van der Waals surface area contributed by atoms with Crippen LogP contribution in [0, 0.1) is 22.0 Å². The molecule has 0 aromatic heterocycles. The Kier molecular flexibility index (Phi) is 3.53. The van der Waals surface area contributed by atoms with Crippen molar-refractivity contribution in [2.24, 2.45) is 11.8 Å². The maximum Gasteiger partial charge on any atom is 0.337 e. The number of benzene rings is 1. The van der Waals surface area contributed by atoms with Crippen LogP contribution in [0.25, 0.3) is 0 Å². The van der Waals surface area contributed by atoms with Crippen LogP contribution in [0.2, 0.25) is 0 Å². The zero-order valence-electron chi connectivity index (χ0n) is 11.9. The van der Waals surface area contributed by atoms with Crippen LogP contribution in [0.1, 0.15) is 29.6 Å². The fraction of sp³-hybridized carbons (Fsp3) is 0.533. The predicted molar refractivity (Wildman–Crippen MR) is 77.5 cm³/mol. The first-order valence-corrected chi connectivity index (χ1v) is 7.22. The van der Waals surface area contributed by atoms with Gasteiger partial charge in [0.15, 0.2) is 0 Å². The van der Waals surface area contributed by atoms with E-state index in [0.717, 1.165) is 13.1 Å². The third-order valence-corrected chi connectivity index (χ3v) is 4.66. The van der Waals surface area contributed by atoms with E-state index >= 15 is 0 Å². The monoisotopic (exact) mass is 290 g/mol. The first-order chi connectivity index (χ1) is 10.1. The summed E-state index contributed by atoms with van der Waals surface area (Å²) in [6, 6.07) is 4.44. The molecule has 2 unspecified atom stereocenters. The molecule has 6 nitrogen and oxygen atoms in total. The second kappa shape index (κ2) is 5.35. The van der Waals surface area contributed by atoms with Gasteiger partial charge in [-0.2, -0.15) is 0 Å². The van der Waals surface area contributed by atoms with Crippen LogP contribution in [0.5, 0.6) is 0 Å². The number of ether oxygens (including phenoxy) is 1. The summed E-state index contributed by atoms with van der Waals surface area (Å²) in [5.41, 5.74) is 0.954. The summed E-state index contributed by atoms with van der Waals surface area (Å²) >= 11 is 0. The highest BCUT2D eigenvalue weighted by molar-refractivity contribution is 5.91. The third kappa shape index (κ3) is 2.46. The first-order valence-electron chi connectivity index (χ1n) is 7.22. The lowest BCUT2D eigenvalue weighted by Gasteiger charge is -2.20. The average Bonchev–Trinajstić information content (AvgIpc) is 3.06. The average molecular weight is 290 g/mol. The third-order valence-electron chi connectivity index (χ3n) is 4.66. The van der Waals surface area contributed by atoms with Gasteiger partial charge >= 0.3 is 5.97 Å². The number of rotatable bonds is 3. The zero-order chi connectivity index (χ0) is 15.0. The van der Waals surface area contributed by atoms with Crippen molar-refractivity contribution in [2.75, 3.05) is 25.1 Å². The highest BCUT2D eigenvalue weighted by atomic mass is 16.6. The number of hydrogen-bond acceptors (Lipinski definition) is 5. The summed E-state index contributed by atoms with van der Waals surface area (Å²) in [5.74, 6) is 0.795. The summed E-state index contributed by atoms with van der Waals surface area (Å²) in [4.78, 5) is 24.6. The molecule has 0 amide bonds. The maximum atomic E-state index is 11.6. The van der Waals surface area contributed by atoms with E-state index in [4.69, 9.17) is 4.74 Å². The molecule has 3 rings (SSSR count). The molecular weight excluding hydrogens is 272 g/mol. The summed E-state index contributed by atoms with van der Waals surface area (Å²) in [5, 5.41) is 11.2. The molecule has 0 spiro atoms. The lowest BCUT2D eigenvalue weighted by atomic mass is 10.0. The summed E-state index contributed by atoms with van der Waals surface area (Å²) < 4.78 is 4.70. The molecule has 2 fully saturated rings. The molecule has 1 saturated carbocycles. The number of fused-ring (bicyclic) bond motifs is 1. The van der Waals surface area contributed by atoms with E-state index < -0.39 is 5.97 Å². The molecular formula is C15H18N2O4. The minimum atomic E-state index is -0.467. The Labute approximate surface area is 122 Å². The van der Waals surface area contributed by atoms with E-state index in [-0.39, 0.29) is 10.6 Å². The molecule has 2 atom stereocenters. The van der Waals surface area contributed by atoms with Crippen molar-refractivity contribution in [1.29, 1.82) is 0 Å². The molecule has 21 heavy (non-hydrogen) atoms. The second-order valence-corrected chi connectivity index (χ2v) is 5.81. The molecule has 1 aromatic carbocycles. The molecule has 1 saturated heterocycles. The minimum Gasteiger partial charge on any atom is -0.465 e. The fourth-order valence-corrected chi connectivity index (χ4v) is 3.61. The van der Waals surface area contributed by atoms with Crippen molar-refractivity contribution < 1.29 is 14.5 Å². The number of nitro groups is 1. The van der Waals surface area contributed by atoms with Gasteiger partial charge in [0, 0.05) is 19.2 Å². The van der Waals surface area contributed by atoms with Gasteiger partial charge in [-0.3, -0.25) is 10.1 Å². The maximum absolute atomic E-state index is 11.6. The van der Waals surface area contributed by atoms with E-state index in [1.54, 1.807) is 6.07 Å². The number of nitrogens with zero attached hydrogens (tertiary/aromatic N) is 2. The smallest absolute Gasteiger partial charge is 0.337 e. The molecule has 1 aliphatic carbocycles. The van der Waals surface area contributed by atoms with Crippen LogP contribution in [-0.4, -0.2) is 31.1 Å². The Hall–Kier alpha value is -2.11. The molecule has 1 aromatic rings. The molecule has 2 aliphatic rings. The van der Waals surface area contributed by atoms with Gasteiger partial charge in [0.05, 0.1) is 17.6 Å². The van der Waals surface area contributed by atoms with Crippen LogP contribution in [0.3, 0.4) is 0 Å². The number of esters is 1. The normalized spacial score (nSPS) is 24.0. The van der Waals surface area contributed by atoms with E-state index in [1.807, 2.05) is 0 Å². The van der Waals surface area contributed by atoms with E-state index in [2.05, 4.69) is 4.90 Å². The molecule has 1 heterocycles. The fourth-order valence-electron chi connectivity index (χ4n) is 3.61. The first kappa shape index (κ1) is 13.9. The molecule has 1 aliphatic heterocycles. The highest BCUT2D eigenvalue weighted by Gasteiger charge is 2.38. The van der Waals surface area contributed by atoms with Crippen LogP contribution in [0.4, 0.5) is 11.4 Å². The molecule has 112 valence electrons. The molecule has 0 radical (unpaired) electrons. The lowest BCUT2D eigenvalue weighted by Crippen LogP contribution is -2.22. The molecule has 0 N–H and O–H groups in total. The van der Waals surface area contributed by atoms with Crippen molar-refractivity contribution in [3.63, 3.8) is 0 Å². The van der Waals surface area contributed by atoms with Crippen molar-refractivity contribution in [3.05, 3.63) is 33.9 Å². The largest absolute Gasteiger partial charge is 0.465 e. The van der Waals surface area contributed by atoms with Gasteiger partial charge < -0.3 is 9.64 Å². The Balaban J connectivity index is 1.95. The minimum absolute atomic E-state index is 0.0580. The van der Waals surface area contributed by atoms with Crippen LogP contribution < -0.4 is 4.90 Å². The lowest BCUT2D eigenvalue weighted by molar-refractivity contribution is -0.384. The second-order valence-electron chi connectivity index (χ2n) is 5.81. The van der Waals surface area contributed by atoms with Crippen LogP contribution in [-0.2, 0) is 4.74 Å². The summed E-state index contributed by atoms with van der Waals surface area (Å²) in [7, 11) is 1.31. The van der Waals surface area contributed by atoms with Crippen LogP contribution >= 0.6 is 0 Å². The van der Waals surface area contributed by atoms with Gasteiger partial charge in [-0.05, 0) is 36.8 Å². The van der Waals surface area contributed by atoms with Crippen molar-refractivity contribution in [3.8, 4) is 0 Å². The van der Waals surface area contributed by atoms with Crippen molar-refractivity contribution >= 4 is 17.3 Å². The number of carbonyl (C=O) groups is 1. The molecule has 0 bridgehead atoms. The summed E-state index contributed by atoms with van der Waals surface area (Å²) in [6.07, 6.45) is 3.66. The topological polar surface area (TPSA) is 72.7 Å². The van der Waals surface area contributed by atoms with E-state index in [1.165, 1.54) is 38.5 Å². The molecule has 6 heteroatoms. The van der Waals surface area contributed by atoms with Gasteiger partial charge in [-0.1, -0.05) is 6.42 Å². The number of nitro benzene ring substituents is 1. The van der Waals surface area contributed by atoms with Crippen molar-refractivity contribution in [2.45, 2.75) is 19.3 Å². The number of methoxy groups -OCH3 is 1. The standard InChI is InChI=1S/C15H18N2O4/c1-21-15(18)10-5-6-13(17(19)20)14(7-10)16-8-11-3-2-4-12(11)9-16/h5-7,11-12H,2-4,8-9H2,1H3. The van der Waals surface area contributed by atoms with E-state index in [0.29, 0.717) is 23.1 Å². The quantitative estimate of drug-likeness (QED) is 0.486. The van der Waals surface area contributed by atoms with Crippen molar-refractivity contribution in [1.82, 2.24) is 0 Å². The van der Waals surface area contributed by atoms with Gasteiger partial charge in [0.25, 0.3) is 5.69 Å². The number of hydrogen-bond donors (Lipinski definition) is 0. The Bertz CT molecular complexity index is 575. The Morgan fingerprint density at radius 2 is 2.00 bits per heavy atom. The SMILES string of the molecule is COC(=O)c1ccc([N+](=O)[O-])c(N2CC3CCCC3C2)c1.